The van der Waals surface area contributed by atoms with E-state index in [0.29, 0.717) is 19.3 Å². The molecule has 92 valence electrons. The van der Waals surface area contributed by atoms with Gasteiger partial charge in [-0.2, -0.15) is 0 Å². The van der Waals surface area contributed by atoms with E-state index in [-0.39, 0.29) is 12.7 Å². The number of hydrogen-bond acceptors (Lipinski definition) is 4. The summed E-state index contributed by atoms with van der Waals surface area (Å²) < 4.78 is 17.0. The Kier molecular flexibility index (Phi) is 3.97. The Bertz CT molecular complexity index is 233. The maximum Gasteiger partial charge on any atom is 0.169 e. The van der Waals surface area contributed by atoms with Crippen molar-refractivity contribution in [1.29, 1.82) is 0 Å². The number of ether oxygens (including phenoxy) is 3. The molecular weight excluding hydrogens is 208 g/mol. The molecule has 2 aliphatic rings. The third-order valence-corrected chi connectivity index (χ3v) is 3.26. The molecule has 0 radical (unpaired) electrons. The van der Waals surface area contributed by atoms with Crippen LogP contribution >= 0.6 is 0 Å². The van der Waals surface area contributed by atoms with Gasteiger partial charge in [0.2, 0.25) is 0 Å². The molecule has 4 heteroatoms. The van der Waals surface area contributed by atoms with Gasteiger partial charge in [-0.1, -0.05) is 6.08 Å². The first-order valence-corrected chi connectivity index (χ1v) is 5.93. The van der Waals surface area contributed by atoms with Crippen molar-refractivity contribution < 1.29 is 19.3 Å². The lowest BCUT2D eigenvalue weighted by Crippen LogP contribution is -2.38. The lowest BCUT2D eigenvalue weighted by Gasteiger charge is -2.35. The Morgan fingerprint density at radius 2 is 2.19 bits per heavy atom. The van der Waals surface area contributed by atoms with Gasteiger partial charge in [0.05, 0.1) is 25.9 Å². The van der Waals surface area contributed by atoms with Crippen LogP contribution in [-0.4, -0.2) is 42.9 Å². The molecule has 0 aromatic carbocycles. The molecule has 2 fully saturated rings. The highest BCUT2D eigenvalue weighted by molar-refractivity contribution is 4.85. The minimum Gasteiger partial charge on any atom is -0.394 e. The molecule has 0 aromatic rings. The van der Waals surface area contributed by atoms with Crippen LogP contribution < -0.4 is 0 Å². The van der Waals surface area contributed by atoms with Crippen molar-refractivity contribution in [2.75, 3.05) is 19.8 Å². The average Bonchev–Trinajstić information content (AvgIpc) is 2.72. The second-order valence-corrected chi connectivity index (χ2v) is 4.47. The second kappa shape index (κ2) is 5.27. The summed E-state index contributed by atoms with van der Waals surface area (Å²) in [7, 11) is 0. The number of aliphatic hydroxyl groups excluding tert-OH is 1. The molecule has 4 nitrogen and oxygen atoms in total. The SMILES string of the molecule is C=CCOC1CCC2(CC1)OCC(CO)O2. The van der Waals surface area contributed by atoms with Gasteiger partial charge in [-0.3, -0.25) is 0 Å². The summed E-state index contributed by atoms with van der Waals surface area (Å²) in [4.78, 5) is 0. The van der Waals surface area contributed by atoms with Crippen molar-refractivity contribution in [2.45, 2.75) is 43.7 Å². The lowest BCUT2D eigenvalue weighted by molar-refractivity contribution is -0.202. The van der Waals surface area contributed by atoms with Crippen LogP contribution in [0.2, 0.25) is 0 Å². The first kappa shape index (κ1) is 12.0. The molecular formula is C12H20O4. The average molecular weight is 228 g/mol. The van der Waals surface area contributed by atoms with Crippen LogP contribution in [0.1, 0.15) is 25.7 Å². The van der Waals surface area contributed by atoms with Crippen LogP contribution in [-0.2, 0) is 14.2 Å². The maximum atomic E-state index is 9.01. The number of rotatable bonds is 4. The van der Waals surface area contributed by atoms with Crippen LogP contribution in [0, 0.1) is 0 Å². The minimum absolute atomic E-state index is 0.0398. The van der Waals surface area contributed by atoms with Crippen molar-refractivity contribution in [2.24, 2.45) is 0 Å². The van der Waals surface area contributed by atoms with Gasteiger partial charge < -0.3 is 19.3 Å². The molecule has 1 aliphatic carbocycles. The van der Waals surface area contributed by atoms with Crippen LogP contribution in [0.25, 0.3) is 0 Å². The molecule has 1 N–H and O–H groups in total. The summed E-state index contributed by atoms with van der Waals surface area (Å²) >= 11 is 0. The molecule has 1 saturated carbocycles. The largest absolute Gasteiger partial charge is 0.394 e. The maximum absolute atomic E-state index is 9.01. The van der Waals surface area contributed by atoms with E-state index in [2.05, 4.69) is 6.58 Å². The molecule has 1 saturated heterocycles. The number of aliphatic hydroxyl groups is 1. The van der Waals surface area contributed by atoms with Gasteiger partial charge in [0.25, 0.3) is 0 Å². The summed E-state index contributed by atoms with van der Waals surface area (Å²) in [6.45, 7) is 4.79. The molecule has 1 unspecified atom stereocenters. The fourth-order valence-corrected chi connectivity index (χ4v) is 2.37. The highest BCUT2D eigenvalue weighted by atomic mass is 16.7. The van der Waals surface area contributed by atoms with Crippen LogP contribution in [0.4, 0.5) is 0 Å². The zero-order valence-electron chi connectivity index (χ0n) is 9.56. The van der Waals surface area contributed by atoms with Crippen molar-refractivity contribution in [3.8, 4) is 0 Å². The van der Waals surface area contributed by atoms with Gasteiger partial charge in [0, 0.05) is 12.8 Å². The Morgan fingerprint density at radius 3 is 2.75 bits per heavy atom. The Balaban J connectivity index is 1.78. The van der Waals surface area contributed by atoms with Gasteiger partial charge in [-0.05, 0) is 12.8 Å². The predicted octanol–water partition coefficient (Wildman–Crippen LogP) is 1.24. The second-order valence-electron chi connectivity index (χ2n) is 4.47. The van der Waals surface area contributed by atoms with E-state index in [1.807, 2.05) is 0 Å². The molecule has 2 rings (SSSR count). The molecule has 0 bridgehead atoms. The molecule has 0 amide bonds. The monoisotopic (exact) mass is 228 g/mol. The Labute approximate surface area is 96.2 Å². The van der Waals surface area contributed by atoms with E-state index >= 15 is 0 Å². The van der Waals surface area contributed by atoms with Gasteiger partial charge >= 0.3 is 0 Å². The van der Waals surface area contributed by atoms with Crippen molar-refractivity contribution in [1.82, 2.24) is 0 Å². The summed E-state index contributed by atoms with van der Waals surface area (Å²) in [6.07, 6.45) is 5.53. The third kappa shape index (κ3) is 2.63. The van der Waals surface area contributed by atoms with E-state index in [4.69, 9.17) is 19.3 Å². The van der Waals surface area contributed by atoms with Crippen molar-refractivity contribution in [3.05, 3.63) is 12.7 Å². The van der Waals surface area contributed by atoms with Crippen molar-refractivity contribution >= 4 is 0 Å². The van der Waals surface area contributed by atoms with Crippen LogP contribution in [0.15, 0.2) is 12.7 Å². The van der Waals surface area contributed by atoms with E-state index in [9.17, 15) is 0 Å². The zero-order chi connectivity index (χ0) is 11.4. The third-order valence-electron chi connectivity index (χ3n) is 3.26. The molecule has 0 aromatic heterocycles. The first-order chi connectivity index (χ1) is 7.78. The summed E-state index contributed by atoms with van der Waals surface area (Å²) in [6, 6.07) is 0. The summed E-state index contributed by atoms with van der Waals surface area (Å²) in [5.74, 6) is -0.443. The molecule has 1 heterocycles. The van der Waals surface area contributed by atoms with Crippen LogP contribution in [0.5, 0.6) is 0 Å². The van der Waals surface area contributed by atoms with Gasteiger partial charge in [0.1, 0.15) is 6.10 Å². The standard InChI is InChI=1S/C12H20O4/c1-2-7-14-10-3-5-12(6-4-10)15-9-11(8-13)16-12/h2,10-11,13H,1,3-9H2. The molecule has 1 atom stereocenters. The van der Waals surface area contributed by atoms with E-state index in [0.717, 1.165) is 25.7 Å². The normalized spacial score (nSPS) is 39.1. The molecule has 1 spiro atoms. The van der Waals surface area contributed by atoms with Gasteiger partial charge in [-0.25, -0.2) is 0 Å². The smallest absolute Gasteiger partial charge is 0.169 e. The van der Waals surface area contributed by atoms with Gasteiger partial charge in [-0.15, -0.1) is 6.58 Å². The first-order valence-electron chi connectivity index (χ1n) is 5.93. The predicted molar refractivity (Wildman–Crippen MR) is 59.0 cm³/mol. The fraction of sp³-hybridized carbons (Fsp3) is 0.833. The van der Waals surface area contributed by atoms with E-state index in [1.165, 1.54) is 0 Å². The number of hydrogen-bond donors (Lipinski definition) is 1. The molecule has 16 heavy (non-hydrogen) atoms. The topological polar surface area (TPSA) is 47.9 Å². The van der Waals surface area contributed by atoms with Gasteiger partial charge in [0.15, 0.2) is 5.79 Å². The van der Waals surface area contributed by atoms with Crippen LogP contribution in [0.3, 0.4) is 0 Å². The van der Waals surface area contributed by atoms with E-state index in [1.54, 1.807) is 6.08 Å². The Hall–Kier alpha value is -0.420. The highest BCUT2D eigenvalue weighted by Gasteiger charge is 2.44. The zero-order valence-corrected chi connectivity index (χ0v) is 9.56. The highest BCUT2D eigenvalue weighted by Crippen LogP contribution is 2.38. The molecule has 1 aliphatic heterocycles. The minimum atomic E-state index is -0.443. The Morgan fingerprint density at radius 1 is 1.44 bits per heavy atom. The lowest BCUT2D eigenvalue weighted by atomic mass is 9.92. The van der Waals surface area contributed by atoms with Crippen molar-refractivity contribution in [3.63, 3.8) is 0 Å². The quantitative estimate of drug-likeness (QED) is 0.735. The summed E-state index contributed by atoms with van der Waals surface area (Å²) in [5, 5.41) is 9.01. The van der Waals surface area contributed by atoms with E-state index < -0.39 is 5.79 Å². The summed E-state index contributed by atoms with van der Waals surface area (Å²) in [5.41, 5.74) is 0. The fourth-order valence-electron chi connectivity index (χ4n) is 2.37.